The van der Waals surface area contributed by atoms with Gasteiger partial charge in [-0.05, 0) is 31.8 Å². The summed E-state index contributed by atoms with van der Waals surface area (Å²) in [5.74, 6) is 0.922. The van der Waals surface area contributed by atoms with E-state index in [9.17, 15) is 4.79 Å². The van der Waals surface area contributed by atoms with Gasteiger partial charge in [-0.15, -0.1) is 0 Å². The number of nitrogens with zero attached hydrogens (tertiary/aromatic N) is 1. The number of nitrogens with one attached hydrogen (secondary N) is 2. The zero-order chi connectivity index (χ0) is 10.7. The van der Waals surface area contributed by atoms with Crippen LogP contribution >= 0.6 is 0 Å². The molecule has 15 heavy (non-hydrogen) atoms. The first-order chi connectivity index (χ1) is 7.24. The zero-order valence-electron chi connectivity index (χ0n) is 9.46. The molecular weight excluding hydrogens is 190 g/mol. The molecule has 4 heteroatoms. The number of likely N-dealkylation sites (tertiary alicyclic amines) is 1. The van der Waals surface area contributed by atoms with Crippen molar-refractivity contribution in [1.82, 2.24) is 15.5 Å². The van der Waals surface area contributed by atoms with E-state index in [1.165, 1.54) is 26.1 Å². The highest BCUT2D eigenvalue weighted by atomic mass is 16.1. The summed E-state index contributed by atoms with van der Waals surface area (Å²) >= 11 is 0. The minimum atomic E-state index is 0.101. The van der Waals surface area contributed by atoms with E-state index in [-0.39, 0.29) is 5.91 Å². The molecule has 2 heterocycles. The van der Waals surface area contributed by atoms with E-state index >= 15 is 0 Å². The molecule has 2 atom stereocenters. The van der Waals surface area contributed by atoms with Crippen molar-refractivity contribution in [2.75, 3.05) is 32.7 Å². The number of amides is 1. The molecule has 2 aliphatic rings. The first-order valence-electron chi connectivity index (χ1n) is 5.94. The van der Waals surface area contributed by atoms with Crippen LogP contribution in [0.4, 0.5) is 0 Å². The van der Waals surface area contributed by atoms with Crippen molar-refractivity contribution in [3.8, 4) is 0 Å². The van der Waals surface area contributed by atoms with Crippen LogP contribution in [-0.4, -0.2) is 49.6 Å². The molecule has 1 amide bonds. The van der Waals surface area contributed by atoms with Gasteiger partial charge in [-0.2, -0.15) is 0 Å². The summed E-state index contributed by atoms with van der Waals surface area (Å²) in [6.45, 7) is 7.32. The van der Waals surface area contributed by atoms with Gasteiger partial charge < -0.3 is 15.5 Å². The van der Waals surface area contributed by atoms with Gasteiger partial charge >= 0.3 is 0 Å². The maximum Gasteiger partial charge on any atom is 0.217 e. The fraction of sp³-hybridized carbons (Fsp3) is 0.909. The molecule has 2 N–H and O–H groups in total. The fourth-order valence-corrected chi connectivity index (χ4v) is 2.64. The molecule has 0 aromatic rings. The van der Waals surface area contributed by atoms with E-state index in [0.29, 0.717) is 6.04 Å². The number of rotatable bonds is 3. The minimum absolute atomic E-state index is 0.101. The Kier molecular flexibility index (Phi) is 3.59. The topological polar surface area (TPSA) is 44.4 Å². The highest BCUT2D eigenvalue weighted by molar-refractivity contribution is 5.73. The maximum atomic E-state index is 10.9. The molecule has 0 aromatic heterocycles. The Bertz CT molecular complexity index is 226. The Morgan fingerprint density at radius 2 is 2.40 bits per heavy atom. The molecular formula is C11H21N3O. The third kappa shape index (κ3) is 3.18. The van der Waals surface area contributed by atoms with Crippen molar-refractivity contribution in [3.63, 3.8) is 0 Å². The number of carbonyl (C=O) groups excluding carboxylic acids is 1. The largest absolute Gasteiger partial charge is 0.352 e. The van der Waals surface area contributed by atoms with Gasteiger partial charge in [0, 0.05) is 32.6 Å². The lowest BCUT2D eigenvalue weighted by atomic mass is 10.1. The molecule has 4 nitrogen and oxygen atoms in total. The summed E-state index contributed by atoms with van der Waals surface area (Å²) in [6.07, 6.45) is 2.42. The molecule has 0 spiro atoms. The molecule has 2 unspecified atom stereocenters. The molecule has 2 rings (SSSR count). The first kappa shape index (κ1) is 10.9. The number of carbonyl (C=O) groups is 1. The molecule has 0 bridgehead atoms. The monoisotopic (exact) mass is 211 g/mol. The molecule has 0 aliphatic carbocycles. The average Bonchev–Trinajstić information content (AvgIpc) is 2.77. The van der Waals surface area contributed by atoms with Gasteiger partial charge in [0.05, 0.1) is 0 Å². The van der Waals surface area contributed by atoms with Gasteiger partial charge in [-0.3, -0.25) is 4.79 Å². The van der Waals surface area contributed by atoms with Crippen LogP contribution in [0.15, 0.2) is 0 Å². The Morgan fingerprint density at radius 3 is 3.07 bits per heavy atom. The second kappa shape index (κ2) is 4.94. The predicted octanol–water partition coefficient (Wildman–Crippen LogP) is -0.194. The Hall–Kier alpha value is -0.610. The summed E-state index contributed by atoms with van der Waals surface area (Å²) in [5, 5.41) is 6.39. The lowest BCUT2D eigenvalue weighted by molar-refractivity contribution is -0.119. The van der Waals surface area contributed by atoms with Crippen molar-refractivity contribution in [3.05, 3.63) is 0 Å². The fourth-order valence-electron chi connectivity index (χ4n) is 2.64. The van der Waals surface area contributed by atoms with Crippen molar-refractivity contribution in [1.29, 1.82) is 0 Å². The van der Waals surface area contributed by atoms with Crippen LogP contribution in [0.25, 0.3) is 0 Å². The first-order valence-corrected chi connectivity index (χ1v) is 5.94. The van der Waals surface area contributed by atoms with E-state index < -0.39 is 0 Å². The van der Waals surface area contributed by atoms with Crippen LogP contribution in [-0.2, 0) is 4.79 Å². The summed E-state index contributed by atoms with van der Waals surface area (Å²) in [6, 6.07) is 0.386. The maximum absolute atomic E-state index is 10.9. The smallest absolute Gasteiger partial charge is 0.217 e. The van der Waals surface area contributed by atoms with E-state index in [0.717, 1.165) is 25.4 Å². The minimum Gasteiger partial charge on any atom is -0.352 e. The normalized spacial score (nSPS) is 32.1. The molecule has 86 valence electrons. The molecule has 0 aromatic carbocycles. The van der Waals surface area contributed by atoms with Gasteiger partial charge in [0.25, 0.3) is 0 Å². The van der Waals surface area contributed by atoms with Crippen LogP contribution in [0.2, 0.25) is 0 Å². The predicted molar refractivity (Wildman–Crippen MR) is 59.6 cm³/mol. The van der Waals surface area contributed by atoms with Crippen molar-refractivity contribution in [2.45, 2.75) is 25.8 Å². The van der Waals surface area contributed by atoms with E-state index in [4.69, 9.17) is 0 Å². The summed E-state index contributed by atoms with van der Waals surface area (Å²) < 4.78 is 0. The average molecular weight is 211 g/mol. The van der Waals surface area contributed by atoms with E-state index in [2.05, 4.69) is 15.5 Å². The highest BCUT2D eigenvalue weighted by Crippen LogP contribution is 2.15. The lowest BCUT2D eigenvalue weighted by Gasteiger charge is -2.19. The van der Waals surface area contributed by atoms with Gasteiger partial charge in [-0.25, -0.2) is 0 Å². The van der Waals surface area contributed by atoms with Crippen molar-refractivity contribution in [2.24, 2.45) is 5.92 Å². The Balaban J connectivity index is 1.70. The number of hydrogen-bond acceptors (Lipinski definition) is 3. The zero-order valence-corrected chi connectivity index (χ0v) is 9.46. The summed E-state index contributed by atoms with van der Waals surface area (Å²) in [7, 11) is 0. The van der Waals surface area contributed by atoms with Crippen LogP contribution in [0, 0.1) is 5.92 Å². The van der Waals surface area contributed by atoms with Crippen LogP contribution in [0.3, 0.4) is 0 Å². The van der Waals surface area contributed by atoms with Crippen LogP contribution in [0.1, 0.15) is 19.8 Å². The van der Waals surface area contributed by atoms with Gasteiger partial charge in [0.15, 0.2) is 0 Å². The van der Waals surface area contributed by atoms with Crippen LogP contribution in [0.5, 0.6) is 0 Å². The van der Waals surface area contributed by atoms with E-state index in [1.807, 2.05) is 0 Å². The molecule has 2 saturated heterocycles. The highest BCUT2D eigenvalue weighted by Gasteiger charge is 2.25. The SMILES string of the molecule is CC(=O)NC1CCN(CC2CCNC2)C1. The quantitative estimate of drug-likeness (QED) is 0.680. The summed E-state index contributed by atoms with van der Waals surface area (Å²) in [5.41, 5.74) is 0. The standard InChI is InChI=1S/C11H21N3O/c1-9(15)13-11-3-5-14(8-11)7-10-2-4-12-6-10/h10-12H,2-8H2,1H3,(H,13,15). The van der Waals surface area contributed by atoms with Gasteiger partial charge in [0.1, 0.15) is 0 Å². The van der Waals surface area contributed by atoms with Gasteiger partial charge in [-0.1, -0.05) is 0 Å². The van der Waals surface area contributed by atoms with Crippen molar-refractivity contribution < 1.29 is 4.79 Å². The number of hydrogen-bond donors (Lipinski definition) is 2. The summed E-state index contributed by atoms with van der Waals surface area (Å²) in [4.78, 5) is 13.4. The molecule has 0 radical (unpaired) electrons. The van der Waals surface area contributed by atoms with E-state index in [1.54, 1.807) is 6.92 Å². The van der Waals surface area contributed by atoms with Crippen LogP contribution < -0.4 is 10.6 Å². The third-order valence-corrected chi connectivity index (χ3v) is 3.36. The molecule has 0 saturated carbocycles. The van der Waals surface area contributed by atoms with Gasteiger partial charge in [0.2, 0.25) is 5.91 Å². The third-order valence-electron chi connectivity index (χ3n) is 3.36. The van der Waals surface area contributed by atoms with Crippen molar-refractivity contribution >= 4 is 5.91 Å². The second-order valence-corrected chi connectivity index (χ2v) is 4.80. The molecule has 2 fully saturated rings. The second-order valence-electron chi connectivity index (χ2n) is 4.80. The Morgan fingerprint density at radius 1 is 1.53 bits per heavy atom. The molecule has 2 aliphatic heterocycles. The lowest BCUT2D eigenvalue weighted by Crippen LogP contribution is -2.36. The Labute approximate surface area is 91.4 Å².